The van der Waals surface area contributed by atoms with E-state index >= 15 is 0 Å². The number of nitrogens with zero attached hydrogens (tertiary/aromatic N) is 2. The summed E-state index contributed by atoms with van der Waals surface area (Å²) in [5.74, 6) is 0. The monoisotopic (exact) mass is 312 g/mol. The molecule has 22 heavy (non-hydrogen) atoms. The van der Waals surface area contributed by atoms with Gasteiger partial charge < -0.3 is 9.69 Å². The molecule has 1 fully saturated rings. The number of halogens is 3. The maximum atomic E-state index is 12.5. The molecule has 0 radical (unpaired) electrons. The highest BCUT2D eigenvalue weighted by Gasteiger charge is 2.45. The average Bonchev–Trinajstić information content (AvgIpc) is 2.76. The third-order valence-corrected chi connectivity index (χ3v) is 4.82. The Hall–Kier alpha value is -1.56. The first-order chi connectivity index (χ1) is 10.4. The van der Waals surface area contributed by atoms with Crippen molar-refractivity contribution in [3.05, 3.63) is 29.8 Å². The van der Waals surface area contributed by atoms with Crippen LogP contribution >= 0.6 is 0 Å². The summed E-state index contributed by atoms with van der Waals surface area (Å²) in [7, 11) is 0. The summed E-state index contributed by atoms with van der Waals surface area (Å²) in [5.41, 5.74) is 2.13. The molecule has 120 valence electrons. The molecule has 3 rings (SSSR count). The van der Waals surface area contributed by atoms with Crippen LogP contribution < -0.4 is 4.90 Å². The van der Waals surface area contributed by atoms with Gasteiger partial charge in [0.2, 0.25) is 0 Å². The Morgan fingerprint density at radius 3 is 2.50 bits per heavy atom. The van der Waals surface area contributed by atoms with Gasteiger partial charge in [-0.3, -0.25) is 4.90 Å². The molecular formula is C16H19F3N2O. The fourth-order valence-electron chi connectivity index (χ4n) is 3.81. The van der Waals surface area contributed by atoms with E-state index in [1.807, 2.05) is 23.1 Å². The smallest absolute Gasteiger partial charge is 0.363 e. The lowest BCUT2D eigenvalue weighted by molar-refractivity contribution is -0.149. The number of alkyl halides is 3. The van der Waals surface area contributed by atoms with E-state index in [1.54, 1.807) is 0 Å². The molecule has 1 saturated heterocycles. The van der Waals surface area contributed by atoms with Gasteiger partial charge in [0.05, 0.1) is 13.1 Å². The lowest BCUT2D eigenvalue weighted by Gasteiger charge is -2.40. The van der Waals surface area contributed by atoms with E-state index < -0.39 is 12.7 Å². The van der Waals surface area contributed by atoms with Gasteiger partial charge in [0.1, 0.15) is 6.29 Å². The zero-order valence-electron chi connectivity index (χ0n) is 12.3. The van der Waals surface area contributed by atoms with Gasteiger partial charge in [0, 0.05) is 17.6 Å². The van der Waals surface area contributed by atoms with Crippen molar-refractivity contribution < 1.29 is 18.0 Å². The average molecular weight is 312 g/mol. The Kier molecular flexibility index (Phi) is 3.89. The van der Waals surface area contributed by atoms with Crippen LogP contribution in [0, 0.1) is 0 Å². The zero-order valence-corrected chi connectivity index (χ0v) is 12.3. The van der Waals surface area contributed by atoms with E-state index in [4.69, 9.17) is 0 Å². The second kappa shape index (κ2) is 5.57. The van der Waals surface area contributed by atoms with Gasteiger partial charge in [-0.05, 0) is 37.6 Å². The zero-order chi connectivity index (χ0) is 15.8. The Balaban J connectivity index is 1.77. The minimum absolute atomic E-state index is 0.109. The quantitative estimate of drug-likeness (QED) is 0.802. The van der Waals surface area contributed by atoms with Crippen molar-refractivity contribution >= 4 is 12.0 Å². The summed E-state index contributed by atoms with van der Waals surface area (Å²) in [6.07, 6.45) is -1.85. The first-order valence-corrected chi connectivity index (χ1v) is 7.51. The van der Waals surface area contributed by atoms with Gasteiger partial charge in [0.15, 0.2) is 0 Å². The number of benzene rings is 1. The number of rotatable bonds is 3. The van der Waals surface area contributed by atoms with Crippen molar-refractivity contribution in [3.8, 4) is 0 Å². The molecule has 0 atom stereocenters. The summed E-state index contributed by atoms with van der Waals surface area (Å²) < 4.78 is 37.6. The number of hydrogen-bond donors (Lipinski definition) is 0. The number of aldehydes is 1. The molecule has 1 aromatic carbocycles. The molecule has 0 aliphatic carbocycles. The molecule has 0 amide bonds. The predicted octanol–water partition coefficient (Wildman–Crippen LogP) is 2.60. The van der Waals surface area contributed by atoms with E-state index in [9.17, 15) is 18.0 Å². The van der Waals surface area contributed by atoms with Crippen LogP contribution in [0.3, 0.4) is 0 Å². The van der Waals surface area contributed by atoms with Crippen LogP contribution in [-0.4, -0.2) is 50.1 Å². The topological polar surface area (TPSA) is 23.6 Å². The van der Waals surface area contributed by atoms with Crippen LogP contribution in [0.4, 0.5) is 18.9 Å². The van der Waals surface area contributed by atoms with Crippen molar-refractivity contribution in [2.75, 3.05) is 37.6 Å². The fraction of sp³-hybridized carbons (Fsp3) is 0.562. The standard InChI is InChI=1S/C16H19F3N2O/c17-16(18,19)12-20-7-5-15(6-8-20)11-21(9-10-22)14-4-2-1-3-13(14)15/h1-4,10H,5-9,11-12H2. The third kappa shape index (κ3) is 2.84. The molecule has 0 N–H and O–H groups in total. The number of piperidine rings is 1. The van der Waals surface area contributed by atoms with Crippen LogP contribution in [0.2, 0.25) is 0 Å². The van der Waals surface area contributed by atoms with Crippen LogP contribution in [0.1, 0.15) is 18.4 Å². The summed E-state index contributed by atoms with van der Waals surface area (Å²) in [5, 5.41) is 0. The second-order valence-corrected chi connectivity index (χ2v) is 6.24. The number of hydrogen-bond acceptors (Lipinski definition) is 3. The fourth-order valence-corrected chi connectivity index (χ4v) is 3.81. The molecular weight excluding hydrogens is 293 g/mol. The number of anilines is 1. The highest BCUT2D eigenvalue weighted by Crippen LogP contribution is 2.46. The van der Waals surface area contributed by atoms with Gasteiger partial charge in [-0.1, -0.05) is 18.2 Å². The van der Waals surface area contributed by atoms with Crippen LogP contribution in [0.15, 0.2) is 24.3 Å². The predicted molar refractivity (Wildman–Crippen MR) is 78.1 cm³/mol. The maximum Gasteiger partial charge on any atom is 0.401 e. The highest BCUT2D eigenvalue weighted by atomic mass is 19.4. The van der Waals surface area contributed by atoms with Crippen molar-refractivity contribution in [2.45, 2.75) is 24.4 Å². The number of carbonyl (C=O) groups excluding carboxylic acids is 1. The maximum absolute atomic E-state index is 12.5. The van der Waals surface area contributed by atoms with Crippen molar-refractivity contribution in [1.82, 2.24) is 4.90 Å². The number of para-hydroxylation sites is 1. The van der Waals surface area contributed by atoms with E-state index in [-0.39, 0.29) is 5.41 Å². The molecule has 1 aromatic rings. The Bertz CT molecular complexity index is 551. The molecule has 0 bridgehead atoms. The van der Waals surface area contributed by atoms with Crippen LogP contribution in [-0.2, 0) is 10.2 Å². The summed E-state index contributed by atoms with van der Waals surface area (Å²) in [4.78, 5) is 14.4. The Morgan fingerprint density at radius 1 is 1.18 bits per heavy atom. The number of likely N-dealkylation sites (tertiary alicyclic amines) is 1. The molecule has 0 saturated carbocycles. The lowest BCUT2D eigenvalue weighted by atomic mass is 9.74. The van der Waals surface area contributed by atoms with Crippen LogP contribution in [0.25, 0.3) is 0 Å². The van der Waals surface area contributed by atoms with Gasteiger partial charge in [-0.2, -0.15) is 13.2 Å². The molecule has 2 aliphatic rings. The lowest BCUT2D eigenvalue weighted by Crippen LogP contribution is -2.47. The minimum atomic E-state index is -4.14. The number of fused-ring (bicyclic) bond motifs is 2. The molecule has 2 aliphatic heterocycles. The number of carbonyl (C=O) groups is 1. The van der Waals surface area contributed by atoms with Gasteiger partial charge in [-0.25, -0.2) is 0 Å². The summed E-state index contributed by atoms with van der Waals surface area (Å²) in [6.45, 7) is 1.13. The molecule has 2 heterocycles. The van der Waals surface area contributed by atoms with Gasteiger partial charge in [0.25, 0.3) is 0 Å². The van der Waals surface area contributed by atoms with Crippen molar-refractivity contribution in [1.29, 1.82) is 0 Å². The van der Waals surface area contributed by atoms with Crippen LogP contribution in [0.5, 0.6) is 0 Å². The van der Waals surface area contributed by atoms with E-state index in [1.165, 1.54) is 10.5 Å². The van der Waals surface area contributed by atoms with Gasteiger partial charge >= 0.3 is 6.18 Å². The molecule has 1 spiro atoms. The Morgan fingerprint density at radius 2 is 1.86 bits per heavy atom. The summed E-state index contributed by atoms with van der Waals surface area (Å²) in [6, 6.07) is 7.96. The Labute approximate surface area is 127 Å². The van der Waals surface area contributed by atoms with Gasteiger partial charge in [-0.15, -0.1) is 0 Å². The molecule has 3 nitrogen and oxygen atoms in total. The molecule has 6 heteroatoms. The van der Waals surface area contributed by atoms with Crippen molar-refractivity contribution in [3.63, 3.8) is 0 Å². The molecule has 0 aromatic heterocycles. The molecule has 0 unspecified atom stereocenters. The normalized spacial score (nSPS) is 21.1. The first-order valence-electron chi connectivity index (χ1n) is 7.51. The van der Waals surface area contributed by atoms with E-state index in [2.05, 4.69) is 6.07 Å². The third-order valence-electron chi connectivity index (χ3n) is 4.82. The SMILES string of the molecule is O=CCN1CC2(CCN(CC(F)(F)F)CC2)c2ccccc21. The summed E-state index contributed by atoms with van der Waals surface area (Å²) >= 11 is 0. The highest BCUT2D eigenvalue weighted by molar-refractivity contribution is 5.69. The van der Waals surface area contributed by atoms with E-state index in [0.29, 0.717) is 32.5 Å². The second-order valence-electron chi connectivity index (χ2n) is 6.24. The minimum Gasteiger partial charge on any atom is -0.363 e. The largest absolute Gasteiger partial charge is 0.401 e. The van der Waals surface area contributed by atoms with E-state index in [0.717, 1.165) is 18.5 Å². The first kappa shape index (κ1) is 15.3. The van der Waals surface area contributed by atoms with Crippen molar-refractivity contribution in [2.24, 2.45) is 0 Å².